The summed E-state index contributed by atoms with van der Waals surface area (Å²) in [6, 6.07) is 4.17. The lowest BCUT2D eigenvalue weighted by Gasteiger charge is -1.96. The minimum atomic E-state index is -0.482. The molecule has 2 aromatic rings. The van der Waals surface area contributed by atoms with E-state index in [0.29, 0.717) is 5.56 Å². The molecule has 3 nitrogen and oxygen atoms in total. The molecule has 1 aromatic heterocycles. The van der Waals surface area contributed by atoms with E-state index in [2.05, 4.69) is 10.2 Å². The third-order valence-electron chi connectivity index (χ3n) is 1.60. The molecule has 72 valence electrons. The highest BCUT2D eigenvalue weighted by Crippen LogP contribution is 2.23. The van der Waals surface area contributed by atoms with Crippen LogP contribution in [-0.4, -0.2) is 10.2 Å². The van der Waals surface area contributed by atoms with Crippen LogP contribution in [0.4, 0.5) is 4.39 Å². The van der Waals surface area contributed by atoms with Crippen molar-refractivity contribution in [1.82, 2.24) is 10.2 Å². The van der Waals surface area contributed by atoms with Gasteiger partial charge in [-0.3, -0.25) is 0 Å². The summed E-state index contributed by atoms with van der Waals surface area (Å²) >= 11 is 10.3. The lowest BCUT2D eigenvalue weighted by Crippen LogP contribution is -1.81. The van der Waals surface area contributed by atoms with Gasteiger partial charge in [0.1, 0.15) is 5.82 Å². The van der Waals surface area contributed by atoms with Crippen LogP contribution in [0.25, 0.3) is 11.5 Å². The standard InChI is InChI=1S/C8H4ClFN2OS/c9-5-3-4(1-2-6(5)10)7-11-12-8(14)13-7/h1-3H,(H,12,14). The molecule has 6 heteroatoms. The number of aromatic nitrogens is 2. The zero-order valence-electron chi connectivity index (χ0n) is 6.75. The van der Waals surface area contributed by atoms with Crippen molar-refractivity contribution in [2.24, 2.45) is 0 Å². The Labute approximate surface area is 88.5 Å². The molecule has 0 spiro atoms. The smallest absolute Gasteiger partial charge is 0.284 e. The van der Waals surface area contributed by atoms with Gasteiger partial charge < -0.3 is 4.42 Å². The number of aromatic amines is 1. The lowest BCUT2D eigenvalue weighted by atomic mass is 10.2. The van der Waals surface area contributed by atoms with Crippen molar-refractivity contribution >= 4 is 23.8 Å². The van der Waals surface area contributed by atoms with Crippen molar-refractivity contribution in [2.75, 3.05) is 0 Å². The predicted molar refractivity (Wildman–Crippen MR) is 52.1 cm³/mol. The summed E-state index contributed by atoms with van der Waals surface area (Å²) in [6.45, 7) is 0. The number of benzene rings is 1. The fraction of sp³-hybridized carbons (Fsp3) is 0. The first kappa shape index (κ1) is 9.36. The monoisotopic (exact) mass is 230 g/mol. The molecule has 0 unspecified atom stereocenters. The van der Waals surface area contributed by atoms with Gasteiger partial charge >= 0.3 is 0 Å². The maximum atomic E-state index is 12.8. The zero-order valence-corrected chi connectivity index (χ0v) is 8.32. The Bertz CT molecular complexity index is 522. The summed E-state index contributed by atoms with van der Waals surface area (Å²) < 4.78 is 17.8. The first-order chi connectivity index (χ1) is 6.66. The number of nitrogens with one attached hydrogen (secondary N) is 1. The van der Waals surface area contributed by atoms with Crippen LogP contribution in [0.15, 0.2) is 22.6 Å². The average Bonchev–Trinajstić information content (AvgIpc) is 2.57. The van der Waals surface area contributed by atoms with Crippen molar-refractivity contribution in [3.63, 3.8) is 0 Å². The minimum Gasteiger partial charge on any atom is -0.409 e. The molecule has 0 saturated heterocycles. The summed E-state index contributed by atoms with van der Waals surface area (Å²) in [7, 11) is 0. The van der Waals surface area contributed by atoms with Crippen molar-refractivity contribution in [3.8, 4) is 11.5 Å². The highest BCUT2D eigenvalue weighted by atomic mass is 35.5. The van der Waals surface area contributed by atoms with Gasteiger partial charge in [-0.05, 0) is 30.4 Å². The number of rotatable bonds is 1. The molecule has 1 aromatic carbocycles. The second kappa shape index (κ2) is 3.51. The van der Waals surface area contributed by atoms with Gasteiger partial charge in [-0.15, -0.1) is 5.10 Å². The van der Waals surface area contributed by atoms with Gasteiger partial charge in [-0.25, -0.2) is 9.49 Å². The van der Waals surface area contributed by atoms with Gasteiger partial charge in [0, 0.05) is 5.56 Å². The van der Waals surface area contributed by atoms with Gasteiger partial charge in [0.05, 0.1) is 5.02 Å². The molecule has 0 aliphatic heterocycles. The number of hydrogen-bond donors (Lipinski definition) is 1. The first-order valence-corrected chi connectivity index (χ1v) is 4.46. The van der Waals surface area contributed by atoms with Crippen LogP contribution in [0.3, 0.4) is 0 Å². The molecular formula is C8H4ClFN2OS. The number of H-pyrrole nitrogens is 1. The minimum absolute atomic E-state index is 0.0200. The van der Waals surface area contributed by atoms with E-state index in [-0.39, 0.29) is 15.8 Å². The Balaban J connectivity index is 2.52. The Morgan fingerprint density at radius 2 is 2.29 bits per heavy atom. The van der Waals surface area contributed by atoms with E-state index in [1.165, 1.54) is 18.2 Å². The molecule has 1 N–H and O–H groups in total. The van der Waals surface area contributed by atoms with Crippen molar-refractivity contribution in [2.45, 2.75) is 0 Å². The van der Waals surface area contributed by atoms with Gasteiger partial charge in [0.2, 0.25) is 5.89 Å². The van der Waals surface area contributed by atoms with Crippen molar-refractivity contribution in [1.29, 1.82) is 0 Å². The van der Waals surface area contributed by atoms with Crippen LogP contribution < -0.4 is 0 Å². The quantitative estimate of drug-likeness (QED) is 0.765. The molecule has 0 amide bonds. The van der Waals surface area contributed by atoms with E-state index in [1.54, 1.807) is 0 Å². The molecule has 1 heterocycles. The SMILES string of the molecule is Fc1ccc(-c2n[nH]c(=S)o2)cc1Cl. The van der Waals surface area contributed by atoms with Gasteiger partial charge in [-0.2, -0.15) is 0 Å². The van der Waals surface area contributed by atoms with Crippen LogP contribution in [0.2, 0.25) is 5.02 Å². The van der Waals surface area contributed by atoms with Gasteiger partial charge in [0.15, 0.2) is 0 Å². The molecule has 0 radical (unpaired) electrons. The molecule has 0 aliphatic rings. The molecule has 0 aliphatic carbocycles. The second-order valence-electron chi connectivity index (χ2n) is 2.55. The summed E-state index contributed by atoms with van der Waals surface area (Å²) in [6.07, 6.45) is 0. The van der Waals surface area contributed by atoms with E-state index in [9.17, 15) is 4.39 Å². The Kier molecular flexibility index (Phi) is 2.35. The average molecular weight is 231 g/mol. The maximum Gasteiger partial charge on any atom is 0.284 e. The number of halogens is 2. The third kappa shape index (κ3) is 1.69. The topological polar surface area (TPSA) is 41.8 Å². The highest BCUT2D eigenvalue weighted by Gasteiger charge is 2.06. The van der Waals surface area contributed by atoms with Crippen LogP contribution in [0.1, 0.15) is 0 Å². The predicted octanol–water partition coefficient (Wildman–Crippen LogP) is 3.19. The third-order valence-corrected chi connectivity index (χ3v) is 2.07. The molecule has 0 bridgehead atoms. The number of nitrogens with zero attached hydrogens (tertiary/aromatic N) is 1. The lowest BCUT2D eigenvalue weighted by molar-refractivity contribution is 0.551. The fourth-order valence-electron chi connectivity index (χ4n) is 0.982. The van der Waals surface area contributed by atoms with Crippen LogP contribution in [-0.2, 0) is 0 Å². The van der Waals surface area contributed by atoms with E-state index in [4.69, 9.17) is 28.2 Å². The maximum absolute atomic E-state index is 12.8. The van der Waals surface area contributed by atoms with Crippen LogP contribution in [0.5, 0.6) is 0 Å². The number of hydrogen-bond acceptors (Lipinski definition) is 3. The Morgan fingerprint density at radius 1 is 1.50 bits per heavy atom. The van der Waals surface area contributed by atoms with E-state index in [0.717, 1.165) is 0 Å². The van der Waals surface area contributed by atoms with E-state index < -0.39 is 5.82 Å². The largest absolute Gasteiger partial charge is 0.409 e. The fourth-order valence-corrected chi connectivity index (χ4v) is 1.29. The summed E-state index contributed by atoms with van der Waals surface area (Å²) in [5.74, 6) is -0.193. The molecule has 14 heavy (non-hydrogen) atoms. The molecule has 2 rings (SSSR count). The molecule has 0 atom stereocenters. The van der Waals surface area contributed by atoms with Crippen LogP contribution >= 0.6 is 23.8 Å². The Morgan fingerprint density at radius 3 is 2.86 bits per heavy atom. The zero-order chi connectivity index (χ0) is 10.1. The van der Waals surface area contributed by atoms with E-state index in [1.807, 2.05) is 0 Å². The molecular weight excluding hydrogens is 227 g/mol. The second-order valence-corrected chi connectivity index (χ2v) is 3.33. The first-order valence-electron chi connectivity index (χ1n) is 3.68. The molecule has 0 fully saturated rings. The molecule has 0 saturated carbocycles. The van der Waals surface area contributed by atoms with Crippen LogP contribution in [0, 0.1) is 10.7 Å². The van der Waals surface area contributed by atoms with E-state index >= 15 is 0 Å². The van der Waals surface area contributed by atoms with Gasteiger partial charge in [-0.1, -0.05) is 11.6 Å². The summed E-state index contributed by atoms with van der Waals surface area (Å²) in [4.78, 5) is 0.167. The van der Waals surface area contributed by atoms with Crippen molar-refractivity contribution in [3.05, 3.63) is 33.9 Å². The summed E-state index contributed by atoms with van der Waals surface area (Å²) in [5.41, 5.74) is 0.573. The highest BCUT2D eigenvalue weighted by molar-refractivity contribution is 7.71. The van der Waals surface area contributed by atoms with Gasteiger partial charge in [0.25, 0.3) is 4.84 Å². The van der Waals surface area contributed by atoms with Crippen molar-refractivity contribution < 1.29 is 8.81 Å². The normalized spacial score (nSPS) is 10.4. The Hall–Kier alpha value is -1.20. The summed E-state index contributed by atoms with van der Waals surface area (Å²) in [5, 5.41) is 6.26.